The predicted octanol–water partition coefficient (Wildman–Crippen LogP) is 4.08. The van der Waals surface area contributed by atoms with E-state index in [4.69, 9.17) is 0 Å². The number of rotatable bonds is 5. The number of nitrogens with one attached hydrogen (secondary N) is 1. The first kappa shape index (κ1) is 18.7. The molecule has 2 aliphatic rings. The minimum atomic E-state index is -0.319. The lowest BCUT2D eigenvalue weighted by Crippen LogP contribution is -2.28. The number of nitrogens with zero attached hydrogens (tertiary/aromatic N) is 3. The number of aromatic nitrogens is 3. The quantitative estimate of drug-likeness (QED) is 0.819. The Bertz CT molecular complexity index is 927. The number of carbonyl (C=O) groups is 1. The van der Waals surface area contributed by atoms with E-state index < -0.39 is 0 Å². The van der Waals surface area contributed by atoms with Gasteiger partial charge in [0.25, 0.3) is 0 Å². The van der Waals surface area contributed by atoms with Crippen LogP contribution in [-0.4, -0.2) is 32.6 Å². The third-order valence-corrected chi connectivity index (χ3v) is 5.48. The van der Waals surface area contributed by atoms with Crippen molar-refractivity contribution in [1.29, 1.82) is 0 Å². The summed E-state index contributed by atoms with van der Waals surface area (Å²) in [6.45, 7) is 6.91. The molecule has 1 unspecified atom stereocenters. The minimum Gasteiger partial charge on any atom is -0.510 e. The number of amides is 1. The number of allylic oxidation sites excluding steroid dienone is 3. The Labute approximate surface area is 165 Å². The lowest BCUT2D eigenvalue weighted by Gasteiger charge is -2.30. The Morgan fingerprint density at radius 2 is 1.86 bits per heavy atom. The van der Waals surface area contributed by atoms with Crippen molar-refractivity contribution in [2.24, 2.45) is 11.3 Å². The van der Waals surface area contributed by atoms with E-state index in [0.29, 0.717) is 18.7 Å². The molecule has 28 heavy (non-hydrogen) atoms. The number of carbonyl (C=O) groups excluding carboxylic acids is 1. The Kier molecular flexibility index (Phi) is 4.73. The molecule has 2 aliphatic carbocycles. The van der Waals surface area contributed by atoms with Crippen LogP contribution >= 0.6 is 0 Å². The highest BCUT2D eigenvalue weighted by Crippen LogP contribution is 2.40. The summed E-state index contributed by atoms with van der Waals surface area (Å²) in [6, 6.07) is 7.41. The Balaban J connectivity index is 1.58. The van der Waals surface area contributed by atoms with E-state index in [1.165, 1.54) is 5.57 Å². The standard InChI is InChI=1S/C22H28N4O2/c1-22(2,3)16-12-14(10-11-23-21(28)15-8-9-15)13-19(20(16)27)26-24-17-6-4-5-7-18(17)25-26/h4-7,12,15,19,27H,8-11,13H2,1-3H3,(H,23,28). The second-order valence-electron chi connectivity index (χ2n) is 8.90. The third-order valence-electron chi connectivity index (χ3n) is 5.48. The smallest absolute Gasteiger partial charge is 0.223 e. The van der Waals surface area contributed by atoms with Gasteiger partial charge in [-0.1, -0.05) is 44.6 Å². The van der Waals surface area contributed by atoms with Crippen LogP contribution in [0.25, 0.3) is 11.0 Å². The Hall–Kier alpha value is -2.63. The highest BCUT2D eigenvalue weighted by Gasteiger charge is 2.32. The van der Waals surface area contributed by atoms with Gasteiger partial charge in [0.05, 0.1) is 0 Å². The summed E-state index contributed by atoms with van der Waals surface area (Å²) in [7, 11) is 0. The largest absolute Gasteiger partial charge is 0.510 e. The molecule has 0 saturated heterocycles. The molecule has 2 aromatic rings. The van der Waals surface area contributed by atoms with Crippen LogP contribution in [0.2, 0.25) is 0 Å². The molecule has 1 aromatic carbocycles. The highest BCUT2D eigenvalue weighted by molar-refractivity contribution is 5.80. The van der Waals surface area contributed by atoms with Gasteiger partial charge in [-0.15, -0.1) is 0 Å². The number of fused-ring (bicyclic) bond motifs is 1. The van der Waals surface area contributed by atoms with Crippen molar-refractivity contribution in [3.05, 3.63) is 47.2 Å². The van der Waals surface area contributed by atoms with Crippen molar-refractivity contribution in [2.75, 3.05) is 6.54 Å². The molecule has 1 fully saturated rings. The molecule has 1 heterocycles. The van der Waals surface area contributed by atoms with Gasteiger partial charge in [0, 0.05) is 18.9 Å². The number of hydrogen-bond acceptors (Lipinski definition) is 4. The van der Waals surface area contributed by atoms with Crippen LogP contribution < -0.4 is 5.32 Å². The van der Waals surface area contributed by atoms with Gasteiger partial charge in [-0.2, -0.15) is 15.0 Å². The van der Waals surface area contributed by atoms with Crippen LogP contribution in [0.3, 0.4) is 0 Å². The van der Waals surface area contributed by atoms with Gasteiger partial charge in [0.2, 0.25) is 5.91 Å². The number of benzene rings is 1. The van der Waals surface area contributed by atoms with Gasteiger partial charge in [-0.25, -0.2) is 0 Å². The fraction of sp³-hybridized carbons (Fsp3) is 0.500. The third kappa shape index (κ3) is 3.81. The SMILES string of the molecule is CC(C)(C)C1=C(O)C(n2nc3ccccc3n2)CC(CCNC(=O)C2CC2)=C1. The van der Waals surface area contributed by atoms with Crippen LogP contribution in [0.1, 0.15) is 52.5 Å². The lowest BCUT2D eigenvalue weighted by molar-refractivity contribution is -0.122. The maximum absolute atomic E-state index is 11.9. The van der Waals surface area contributed by atoms with Gasteiger partial charge in [0.15, 0.2) is 0 Å². The van der Waals surface area contributed by atoms with E-state index in [-0.39, 0.29) is 23.3 Å². The van der Waals surface area contributed by atoms with Crippen molar-refractivity contribution in [1.82, 2.24) is 20.3 Å². The second kappa shape index (κ2) is 7.08. The van der Waals surface area contributed by atoms with E-state index in [0.717, 1.165) is 35.9 Å². The molecular formula is C22H28N4O2. The highest BCUT2D eigenvalue weighted by atomic mass is 16.3. The molecule has 6 heteroatoms. The van der Waals surface area contributed by atoms with E-state index in [1.54, 1.807) is 4.80 Å². The minimum absolute atomic E-state index is 0.169. The molecule has 0 spiro atoms. The van der Waals surface area contributed by atoms with Crippen molar-refractivity contribution in [3.8, 4) is 0 Å². The van der Waals surface area contributed by atoms with E-state index in [1.807, 2.05) is 24.3 Å². The molecule has 1 atom stereocenters. The summed E-state index contributed by atoms with van der Waals surface area (Å²) in [5.74, 6) is 0.726. The molecule has 1 saturated carbocycles. The van der Waals surface area contributed by atoms with Crippen molar-refractivity contribution >= 4 is 16.9 Å². The Morgan fingerprint density at radius 3 is 2.43 bits per heavy atom. The zero-order valence-corrected chi connectivity index (χ0v) is 16.8. The molecular weight excluding hydrogens is 352 g/mol. The van der Waals surface area contributed by atoms with Gasteiger partial charge in [-0.05, 0) is 42.4 Å². The normalized spacial score (nSPS) is 20.4. The first-order valence-corrected chi connectivity index (χ1v) is 10.1. The van der Waals surface area contributed by atoms with Crippen LogP contribution in [0.15, 0.2) is 47.2 Å². The molecule has 4 rings (SSSR count). The maximum Gasteiger partial charge on any atom is 0.223 e. The average Bonchev–Trinajstić information content (AvgIpc) is 3.40. The number of aliphatic hydroxyl groups excluding tert-OH is 1. The van der Waals surface area contributed by atoms with E-state index in [2.05, 4.69) is 42.4 Å². The second-order valence-corrected chi connectivity index (χ2v) is 8.90. The van der Waals surface area contributed by atoms with E-state index >= 15 is 0 Å². The predicted molar refractivity (Wildman–Crippen MR) is 109 cm³/mol. The average molecular weight is 380 g/mol. The number of hydrogen-bond donors (Lipinski definition) is 2. The Morgan fingerprint density at radius 1 is 1.21 bits per heavy atom. The van der Waals surface area contributed by atoms with Crippen LogP contribution in [0, 0.1) is 11.3 Å². The molecule has 2 N–H and O–H groups in total. The van der Waals surface area contributed by atoms with Crippen LogP contribution in [-0.2, 0) is 4.79 Å². The van der Waals surface area contributed by atoms with Crippen LogP contribution in [0.5, 0.6) is 0 Å². The van der Waals surface area contributed by atoms with Gasteiger partial charge in [-0.3, -0.25) is 4.79 Å². The molecule has 1 amide bonds. The first-order valence-electron chi connectivity index (χ1n) is 10.1. The number of aliphatic hydroxyl groups is 1. The molecule has 1 aromatic heterocycles. The maximum atomic E-state index is 11.9. The van der Waals surface area contributed by atoms with Crippen LogP contribution in [0.4, 0.5) is 0 Å². The fourth-order valence-electron chi connectivity index (χ4n) is 3.68. The fourth-order valence-corrected chi connectivity index (χ4v) is 3.68. The van der Waals surface area contributed by atoms with E-state index in [9.17, 15) is 9.90 Å². The molecule has 0 radical (unpaired) electrons. The zero-order chi connectivity index (χ0) is 19.9. The molecule has 6 nitrogen and oxygen atoms in total. The zero-order valence-electron chi connectivity index (χ0n) is 16.8. The molecule has 0 bridgehead atoms. The summed E-state index contributed by atoms with van der Waals surface area (Å²) in [4.78, 5) is 13.5. The summed E-state index contributed by atoms with van der Waals surface area (Å²) in [5.41, 5.74) is 3.55. The summed E-state index contributed by atoms with van der Waals surface area (Å²) in [6.07, 6.45) is 5.53. The van der Waals surface area contributed by atoms with Crippen molar-refractivity contribution in [2.45, 2.75) is 52.5 Å². The molecule has 0 aliphatic heterocycles. The molecule has 148 valence electrons. The van der Waals surface area contributed by atoms with Crippen molar-refractivity contribution < 1.29 is 9.90 Å². The van der Waals surface area contributed by atoms with Crippen molar-refractivity contribution in [3.63, 3.8) is 0 Å². The summed E-state index contributed by atoms with van der Waals surface area (Å²) < 4.78 is 0. The lowest BCUT2D eigenvalue weighted by atomic mass is 9.79. The van der Waals surface area contributed by atoms with Gasteiger partial charge < -0.3 is 10.4 Å². The van der Waals surface area contributed by atoms with Gasteiger partial charge in [0.1, 0.15) is 22.8 Å². The summed E-state index contributed by atoms with van der Waals surface area (Å²) in [5, 5.41) is 23.2. The first-order chi connectivity index (χ1) is 13.3. The monoisotopic (exact) mass is 380 g/mol. The topological polar surface area (TPSA) is 80.0 Å². The van der Waals surface area contributed by atoms with Gasteiger partial charge >= 0.3 is 0 Å². The summed E-state index contributed by atoms with van der Waals surface area (Å²) >= 11 is 0.